The number of carbonyl (C=O) groups excluding carboxylic acids is 1. The maximum Gasteiger partial charge on any atom is 0.253 e. The van der Waals surface area contributed by atoms with E-state index in [0.29, 0.717) is 5.56 Å². The molecule has 0 heterocycles. The Kier molecular flexibility index (Phi) is 4.88. The van der Waals surface area contributed by atoms with Gasteiger partial charge in [0.25, 0.3) is 5.91 Å². The standard InChI is InChI=1S/C15H21NO2S/c1-16(13-5-3-4-6-14(13)17)15(18)11-7-9-12(19-2)10-8-11/h7-10,13-14,17H,3-6H2,1-2H3. The third-order valence-corrected chi connectivity index (χ3v) is 4.59. The number of aliphatic hydroxyl groups is 1. The quantitative estimate of drug-likeness (QED) is 0.865. The highest BCUT2D eigenvalue weighted by Gasteiger charge is 2.29. The second kappa shape index (κ2) is 6.44. The summed E-state index contributed by atoms with van der Waals surface area (Å²) in [5.41, 5.74) is 0.693. The van der Waals surface area contributed by atoms with Crippen molar-refractivity contribution in [1.82, 2.24) is 4.90 Å². The monoisotopic (exact) mass is 279 g/mol. The first-order chi connectivity index (χ1) is 9.13. The van der Waals surface area contributed by atoms with Gasteiger partial charge in [0, 0.05) is 17.5 Å². The Morgan fingerprint density at radius 3 is 2.47 bits per heavy atom. The first-order valence-electron chi connectivity index (χ1n) is 6.72. The summed E-state index contributed by atoms with van der Waals surface area (Å²) in [6.45, 7) is 0. The molecule has 1 aliphatic rings. The predicted octanol–water partition coefficient (Wildman–Crippen LogP) is 2.78. The van der Waals surface area contributed by atoms with Crippen molar-refractivity contribution in [1.29, 1.82) is 0 Å². The van der Waals surface area contributed by atoms with Crippen LogP contribution in [0.2, 0.25) is 0 Å². The first kappa shape index (κ1) is 14.4. The SMILES string of the molecule is CSc1ccc(C(=O)N(C)C2CCCCC2O)cc1. The summed E-state index contributed by atoms with van der Waals surface area (Å²) in [5, 5.41) is 10.0. The second-order valence-corrected chi connectivity index (χ2v) is 5.94. The van der Waals surface area contributed by atoms with E-state index in [1.807, 2.05) is 30.5 Å². The molecule has 2 rings (SSSR count). The number of likely N-dealkylation sites (N-methyl/N-ethyl adjacent to an activating group) is 1. The highest BCUT2D eigenvalue weighted by atomic mass is 32.2. The minimum Gasteiger partial charge on any atom is -0.391 e. The summed E-state index contributed by atoms with van der Waals surface area (Å²) in [6, 6.07) is 7.60. The highest BCUT2D eigenvalue weighted by molar-refractivity contribution is 7.98. The molecule has 2 unspecified atom stereocenters. The van der Waals surface area contributed by atoms with Crippen molar-refractivity contribution >= 4 is 17.7 Å². The molecule has 1 amide bonds. The number of thioether (sulfide) groups is 1. The van der Waals surface area contributed by atoms with E-state index in [2.05, 4.69) is 0 Å². The summed E-state index contributed by atoms with van der Waals surface area (Å²) in [4.78, 5) is 15.3. The Morgan fingerprint density at radius 1 is 1.26 bits per heavy atom. The molecule has 0 aliphatic heterocycles. The minimum atomic E-state index is -0.381. The van der Waals surface area contributed by atoms with E-state index in [1.165, 1.54) is 0 Å². The zero-order chi connectivity index (χ0) is 13.8. The maximum absolute atomic E-state index is 12.4. The molecule has 1 N–H and O–H groups in total. The van der Waals surface area contributed by atoms with Gasteiger partial charge >= 0.3 is 0 Å². The molecule has 0 spiro atoms. The Labute approximate surface area is 119 Å². The van der Waals surface area contributed by atoms with E-state index in [9.17, 15) is 9.90 Å². The molecule has 0 saturated heterocycles. The van der Waals surface area contributed by atoms with Gasteiger partial charge in [-0.2, -0.15) is 0 Å². The van der Waals surface area contributed by atoms with Crippen LogP contribution in [0.25, 0.3) is 0 Å². The molecule has 19 heavy (non-hydrogen) atoms. The number of carbonyl (C=O) groups is 1. The molecule has 0 aromatic heterocycles. The third kappa shape index (κ3) is 3.31. The number of rotatable bonds is 3. The average molecular weight is 279 g/mol. The fraction of sp³-hybridized carbons (Fsp3) is 0.533. The molecule has 0 bridgehead atoms. The van der Waals surface area contributed by atoms with Crippen LogP contribution in [0.4, 0.5) is 0 Å². The van der Waals surface area contributed by atoms with Crippen LogP contribution in [-0.4, -0.2) is 41.4 Å². The highest BCUT2D eigenvalue weighted by Crippen LogP contribution is 2.24. The van der Waals surface area contributed by atoms with E-state index < -0.39 is 0 Å². The molecule has 0 radical (unpaired) electrons. The van der Waals surface area contributed by atoms with Gasteiger partial charge in [0.1, 0.15) is 0 Å². The summed E-state index contributed by atoms with van der Waals surface area (Å²) >= 11 is 1.66. The van der Waals surface area contributed by atoms with Gasteiger partial charge in [-0.1, -0.05) is 12.8 Å². The Balaban J connectivity index is 2.08. The van der Waals surface area contributed by atoms with Crippen molar-refractivity contribution in [3.8, 4) is 0 Å². The second-order valence-electron chi connectivity index (χ2n) is 5.06. The molecule has 1 saturated carbocycles. The van der Waals surface area contributed by atoms with Gasteiger partial charge in [-0.3, -0.25) is 4.79 Å². The van der Waals surface area contributed by atoms with Gasteiger partial charge in [-0.25, -0.2) is 0 Å². The fourth-order valence-corrected chi connectivity index (χ4v) is 3.04. The summed E-state index contributed by atoms with van der Waals surface area (Å²) in [6.07, 6.45) is 5.47. The van der Waals surface area contributed by atoms with Crippen molar-refractivity contribution in [2.45, 2.75) is 42.7 Å². The van der Waals surface area contributed by atoms with Gasteiger partial charge < -0.3 is 10.0 Å². The smallest absolute Gasteiger partial charge is 0.253 e. The fourth-order valence-electron chi connectivity index (χ4n) is 2.63. The van der Waals surface area contributed by atoms with Crippen LogP contribution in [0, 0.1) is 0 Å². The summed E-state index contributed by atoms with van der Waals surface area (Å²) < 4.78 is 0. The van der Waals surface area contributed by atoms with Crippen molar-refractivity contribution in [2.24, 2.45) is 0 Å². The van der Waals surface area contributed by atoms with Gasteiger partial charge in [0.2, 0.25) is 0 Å². The zero-order valence-electron chi connectivity index (χ0n) is 11.5. The molecule has 4 heteroatoms. The predicted molar refractivity (Wildman–Crippen MR) is 78.6 cm³/mol. The normalized spacial score (nSPS) is 23.1. The van der Waals surface area contributed by atoms with Gasteiger partial charge in [0.15, 0.2) is 0 Å². The summed E-state index contributed by atoms with van der Waals surface area (Å²) in [7, 11) is 1.80. The molecule has 104 valence electrons. The number of aliphatic hydroxyl groups excluding tert-OH is 1. The Bertz CT molecular complexity index is 432. The van der Waals surface area contributed by atoms with Crippen molar-refractivity contribution < 1.29 is 9.90 Å². The van der Waals surface area contributed by atoms with Crippen LogP contribution < -0.4 is 0 Å². The maximum atomic E-state index is 12.4. The molecule has 1 aromatic carbocycles. The van der Waals surface area contributed by atoms with Gasteiger partial charge in [-0.05, 0) is 43.4 Å². The topological polar surface area (TPSA) is 40.5 Å². The van der Waals surface area contributed by atoms with Crippen molar-refractivity contribution in [3.63, 3.8) is 0 Å². The van der Waals surface area contributed by atoms with Crippen molar-refractivity contribution in [3.05, 3.63) is 29.8 Å². The van der Waals surface area contributed by atoms with Gasteiger partial charge in [0.05, 0.1) is 12.1 Å². The lowest BCUT2D eigenvalue weighted by atomic mass is 9.91. The zero-order valence-corrected chi connectivity index (χ0v) is 12.3. The molecule has 2 atom stereocenters. The lowest BCUT2D eigenvalue weighted by Crippen LogP contribution is -2.46. The summed E-state index contributed by atoms with van der Waals surface area (Å²) in [5.74, 6) is -0.00129. The lowest BCUT2D eigenvalue weighted by Gasteiger charge is -2.35. The number of hydrogen-bond donors (Lipinski definition) is 1. The van der Waals surface area contributed by atoms with E-state index in [-0.39, 0.29) is 18.1 Å². The van der Waals surface area contributed by atoms with Crippen LogP contribution in [0.3, 0.4) is 0 Å². The average Bonchev–Trinajstić information content (AvgIpc) is 2.46. The van der Waals surface area contributed by atoms with E-state index in [4.69, 9.17) is 0 Å². The van der Waals surface area contributed by atoms with Gasteiger partial charge in [-0.15, -0.1) is 11.8 Å². The number of amides is 1. The molecular formula is C15H21NO2S. The van der Waals surface area contributed by atoms with E-state index in [0.717, 1.165) is 30.6 Å². The van der Waals surface area contributed by atoms with Crippen LogP contribution >= 0.6 is 11.8 Å². The van der Waals surface area contributed by atoms with E-state index in [1.54, 1.807) is 23.7 Å². The molecule has 3 nitrogen and oxygen atoms in total. The van der Waals surface area contributed by atoms with Crippen LogP contribution in [0.1, 0.15) is 36.0 Å². The first-order valence-corrected chi connectivity index (χ1v) is 7.95. The van der Waals surface area contributed by atoms with Crippen LogP contribution in [0.15, 0.2) is 29.2 Å². The third-order valence-electron chi connectivity index (χ3n) is 3.85. The number of hydrogen-bond acceptors (Lipinski definition) is 3. The molecular weight excluding hydrogens is 258 g/mol. The number of benzene rings is 1. The molecule has 1 fully saturated rings. The molecule has 1 aliphatic carbocycles. The lowest BCUT2D eigenvalue weighted by molar-refractivity contribution is 0.0268. The number of nitrogens with zero attached hydrogens (tertiary/aromatic N) is 1. The van der Waals surface area contributed by atoms with Crippen LogP contribution in [-0.2, 0) is 0 Å². The Hall–Kier alpha value is -1.00. The molecule has 1 aromatic rings. The van der Waals surface area contributed by atoms with Crippen molar-refractivity contribution in [2.75, 3.05) is 13.3 Å². The Morgan fingerprint density at radius 2 is 1.89 bits per heavy atom. The largest absolute Gasteiger partial charge is 0.391 e. The van der Waals surface area contributed by atoms with Crippen LogP contribution in [0.5, 0.6) is 0 Å². The van der Waals surface area contributed by atoms with E-state index >= 15 is 0 Å². The minimum absolute atomic E-state index is 0.00129.